The van der Waals surface area contributed by atoms with Crippen LogP contribution >= 0.6 is 0 Å². The number of carboxylic acids is 1. The normalized spacial score (nSPS) is 18.5. The molecule has 3 saturated heterocycles. The van der Waals surface area contributed by atoms with Crippen LogP contribution in [0.5, 0.6) is 11.5 Å². The highest BCUT2D eigenvalue weighted by Crippen LogP contribution is 2.32. The van der Waals surface area contributed by atoms with Crippen molar-refractivity contribution < 1.29 is 34.4 Å². The quantitative estimate of drug-likeness (QED) is 0.0576. The van der Waals surface area contributed by atoms with Crippen molar-refractivity contribution in [3.63, 3.8) is 0 Å². The van der Waals surface area contributed by atoms with E-state index in [0.717, 1.165) is 74.0 Å². The number of aliphatic hydroxyl groups is 1. The van der Waals surface area contributed by atoms with Gasteiger partial charge in [-0.25, -0.2) is 9.59 Å². The Hall–Kier alpha value is -5.69. The Morgan fingerprint density at radius 1 is 0.895 bits per heavy atom. The molecule has 4 aromatic carbocycles. The number of pyridine rings is 1. The van der Waals surface area contributed by atoms with Gasteiger partial charge in [-0.1, -0.05) is 67.1 Å². The second-order valence-corrected chi connectivity index (χ2v) is 15.0. The number of alkyl carbamates (subject to hydrolysis) is 1. The van der Waals surface area contributed by atoms with E-state index in [4.69, 9.17) is 9.47 Å². The number of aromatic carboxylic acids is 1. The second kappa shape index (κ2) is 18.5. The maximum absolute atomic E-state index is 13.3. The average Bonchev–Trinajstić information content (AvgIpc) is 3.22. The van der Waals surface area contributed by atoms with Crippen molar-refractivity contribution in [3.8, 4) is 11.5 Å². The van der Waals surface area contributed by atoms with Crippen molar-refractivity contribution in [2.24, 2.45) is 5.92 Å². The third kappa shape index (κ3) is 10.0. The van der Waals surface area contributed by atoms with Gasteiger partial charge < -0.3 is 40.4 Å². The number of nitrogens with one attached hydrogen (secondary N) is 3. The third-order valence-electron chi connectivity index (χ3n) is 11.1. The van der Waals surface area contributed by atoms with Crippen molar-refractivity contribution in [2.45, 2.75) is 63.4 Å². The fourth-order valence-electron chi connectivity index (χ4n) is 8.08. The molecular formula is C45H50N4O8. The average molecular weight is 775 g/mol. The van der Waals surface area contributed by atoms with E-state index in [9.17, 15) is 29.7 Å². The number of H-pyrrole nitrogens is 1. The molecule has 4 heterocycles. The number of aryl methyl sites for hydroxylation is 1. The number of aliphatic hydroxyl groups excluding tert-OH is 1. The van der Waals surface area contributed by atoms with Gasteiger partial charge in [-0.05, 0) is 116 Å². The van der Waals surface area contributed by atoms with E-state index >= 15 is 0 Å². The van der Waals surface area contributed by atoms with Gasteiger partial charge in [0.2, 0.25) is 5.56 Å². The van der Waals surface area contributed by atoms with Gasteiger partial charge in [-0.3, -0.25) is 9.69 Å². The smallest absolute Gasteiger partial charge is 0.408 e. The van der Waals surface area contributed by atoms with Gasteiger partial charge in [0.15, 0.2) is 0 Å². The van der Waals surface area contributed by atoms with Gasteiger partial charge in [0.05, 0.1) is 23.2 Å². The lowest BCUT2D eigenvalue weighted by Gasteiger charge is -2.43. The summed E-state index contributed by atoms with van der Waals surface area (Å²) < 4.78 is 12.2. The maximum atomic E-state index is 13.3. The number of aromatic amines is 1. The highest BCUT2D eigenvalue weighted by atomic mass is 16.6. The van der Waals surface area contributed by atoms with Crippen LogP contribution in [0, 0.1) is 5.92 Å². The summed E-state index contributed by atoms with van der Waals surface area (Å²) in [6, 6.07) is 28.4. The topological polar surface area (TPSA) is 173 Å². The maximum Gasteiger partial charge on any atom is 0.408 e. The number of aromatic nitrogens is 1. The largest absolute Gasteiger partial charge is 0.506 e. The number of aromatic hydroxyl groups is 1. The van der Waals surface area contributed by atoms with Crippen molar-refractivity contribution in [1.82, 2.24) is 20.5 Å². The van der Waals surface area contributed by atoms with E-state index in [0.29, 0.717) is 47.6 Å². The molecular weight excluding hydrogens is 725 g/mol. The molecule has 12 heteroatoms. The van der Waals surface area contributed by atoms with Gasteiger partial charge in [-0.2, -0.15) is 0 Å². The molecule has 8 rings (SSSR count). The lowest BCUT2D eigenvalue weighted by molar-refractivity contribution is -0.0336. The van der Waals surface area contributed by atoms with E-state index in [-0.39, 0.29) is 29.6 Å². The van der Waals surface area contributed by atoms with Gasteiger partial charge in [-0.15, -0.1) is 0 Å². The summed E-state index contributed by atoms with van der Waals surface area (Å²) in [7, 11) is 0. The van der Waals surface area contributed by atoms with Crippen LogP contribution in [0.3, 0.4) is 0 Å². The molecule has 1 aromatic heterocycles. The number of nitrogens with zero attached hydrogens (tertiary/aromatic N) is 1. The molecule has 0 saturated carbocycles. The zero-order valence-electron chi connectivity index (χ0n) is 31.9. The second-order valence-electron chi connectivity index (χ2n) is 15.0. The number of hydrogen-bond acceptors (Lipinski definition) is 9. The lowest BCUT2D eigenvalue weighted by Crippen LogP contribution is -2.52. The van der Waals surface area contributed by atoms with E-state index in [2.05, 4.69) is 20.5 Å². The first-order valence-corrected chi connectivity index (χ1v) is 19.8. The number of fused-ring (bicyclic) bond motifs is 4. The highest BCUT2D eigenvalue weighted by molar-refractivity contribution is 5.89. The van der Waals surface area contributed by atoms with Crippen LogP contribution in [0.25, 0.3) is 10.9 Å². The zero-order chi connectivity index (χ0) is 39.7. The van der Waals surface area contributed by atoms with Crippen LogP contribution < -0.4 is 20.9 Å². The fraction of sp³-hybridized carbons (Fsp3) is 0.356. The minimum atomic E-state index is -0.974. The van der Waals surface area contributed by atoms with E-state index < -0.39 is 24.2 Å². The molecule has 2 bridgehead atoms. The van der Waals surface area contributed by atoms with Gasteiger partial charge in [0, 0.05) is 24.5 Å². The number of ether oxygens (including phenoxy) is 2. The molecule has 3 unspecified atom stereocenters. The predicted octanol–water partition coefficient (Wildman–Crippen LogP) is 6.46. The molecule has 12 nitrogen and oxygen atoms in total. The Bertz CT molecular complexity index is 2220. The first-order chi connectivity index (χ1) is 27.7. The Labute approximate surface area is 331 Å². The van der Waals surface area contributed by atoms with Gasteiger partial charge >= 0.3 is 12.1 Å². The molecule has 0 aliphatic carbocycles. The Balaban J connectivity index is 0.915. The number of phenolic OH excluding ortho intramolecular Hbond substituents is 1. The van der Waals surface area contributed by atoms with Crippen molar-refractivity contribution in [2.75, 3.05) is 32.7 Å². The Morgan fingerprint density at radius 2 is 1.70 bits per heavy atom. The first kappa shape index (κ1) is 39.5. The van der Waals surface area contributed by atoms with E-state index in [1.54, 1.807) is 24.3 Å². The monoisotopic (exact) mass is 774 g/mol. The molecule has 57 heavy (non-hydrogen) atoms. The number of piperidine rings is 3. The number of unbranched alkanes of at least 4 members (excludes halogenated alkanes) is 2. The molecule has 3 aliphatic heterocycles. The fourth-order valence-corrected chi connectivity index (χ4v) is 8.08. The van der Waals surface area contributed by atoms with Crippen molar-refractivity contribution in [1.29, 1.82) is 0 Å². The standard InChI is InChI=1S/C45H50N4O8/c50-38-17-15-36(37-16-18-41(52)47-43(37)38)39(51)26-46-21-6-2-5-10-32-24-29(13-14-35(32)44(53)54)28-56-34-12-7-11-33(25-34)42(31-8-3-1-4-9-31)48-45(55)57-40-27-49-22-19-30(40)20-23-49/h1,3-4,7-9,11-18,24-25,30,39-40,42,46,50-51H,2,5-6,10,19-23,26-28H2,(H,47,52)(H,48,55)(H,53,54). The molecule has 3 atom stereocenters. The summed E-state index contributed by atoms with van der Waals surface area (Å²) in [5.41, 5.74) is 4.20. The summed E-state index contributed by atoms with van der Waals surface area (Å²) in [5, 5.41) is 37.8. The summed E-state index contributed by atoms with van der Waals surface area (Å²) >= 11 is 0. The Kier molecular flexibility index (Phi) is 12.8. The third-order valence-corrected chi connectivity index (χ3v) is 11.1. The molecule has 3 fully saturated rings. The molecule has 6 N–H and O–H groups in total. The number of carbonyl (C=O) groups excluding carboxylic acids is 1. The minimum absolute atomic E-state index is 0.0537. The van der Waals surface area contributed by atoms with Crippen molar-refractivity contribution >= 4 is 23.0 Å². The molecule has 1 amide bonds. The van der Waals surface area contributed by atoms with Crippen LogP contribution in [0.1, 0.15) is 82.4 Å². The summed E-state index contributed by atoms with van der Waals surface area (Å²) in [6.45, 7) is 4.11. The number of hydrogen-bond donors (Lipinski definition) is 6. The van der Waals surface area contributed by atoms with Crippen molar-refractivity contribution in [3.05, 3.63) is 141 Å². The van der Waals surface area contributed by atoms with Gasteiger partial charge in [0.25, 0.3) is 0 Å². The minimum Gasteiger partial charge on any atom is -0.506 e. The number of phenols is 1. The summed E-state index contributed by atoms with van der Waals surface area (Å²) in [6.07, 6.45) is 3.78. The summed E-state index contributed by atoms with van der Waals surface area (Å²) in [4.78, 5) is 42.0. The molecule has 5 aromatic rings. The lowest BCUT2D eigenvalue weighted by atomic mass is 9.86. The van der Waals surface area contributed by atoms with Crippen LogP contribution in [-0.2, 0) is 17.8 Å². The molecule has 0 spiro atoms. The number of rotatable bonds is 17. The molecule has 3 aliphatic rings. The first-order valence-electron chi connectivity index (χ1n) is 19.8. The molecule has 298 valence electrons. The predicted molar refractivity (Wildman–Crippen MR) is 217 cm³/mol. The zero-order valence-corrected chi connectivity index (χ0v) is 31.9. The number of carboxylic acid groups (broad SMARTS) is 1. The van der Waals surface area contributed by atoms with Crippen LogP contribution in [0.4, 0.5) is 4.79 Å². The van der Waals surface area contributed by atoms with Crippen LogP contribution in [-0.4, -0.2) is 76.1 Å². The van der Waals surface area contributed by atoms with Crippen LogP contribution in [0.2, 0.25) is 0 Å². The highest BCUT2D eigenvalue weighted by Gasteiger charge is 2.37. The molecule has 0 radical (unpaired) electrons. The number of benzene rings is 4. The Morgan fingerprint density at radius 3 is 2.47 bits per heavy atom. The number of amides is 1. The van der Waals surface area contributed by atoms with Gasteiger partial charge in [0.1, 0.15) is 24.2 Å². The van der Waals surface area contributed by atoms with Crippen LogP contribution in [0.15, 0.2) is 102 Å². The summed E-state index contributed by atoms with van der Waals surface area (Å²) in [5.74, 6) is -0.000188. The SMILES string of the molecule is O=C(NC(c1ccccc1)c1cccc(OCc2ccc(C(=O)O)c(CCCCCNCC(O)c3ccc(O)c4[nH]c(=O)ccc34)c2)c1)OC1CN2CCC1CC2. The van der Waals surface area contributed by atoms with E-state index in [1.165, 1.54) is 12.1 Å². The van der Waals surface area contributed by atoms with E-state index in [1.807, 2.05) is 60.7 Å². The number of carbonyl (C=O) groups is 2.